The molecule has 7 heteroatoms. The number of cyclic esters (lactones) is 1. The molecular formula is C24H42O7. The number of ether oxygens (including phenoxy) is 2. The first-order chi connectivity index (χ1) is 14.1. The Kier molecular flexibility index (Phi) is 9.02. The van der Waals surface area contributed by atoms with Gasteiger partial charge in [0.2, 0.25) is 0 Å². The number of esters is 1. The molecule has 1 fully saturated rings. The molecule has 1 heterocycles. The van der Waals surface area contributed by atoms with Gasteiger partial charge in [-0.25, -0.2) is 0 Å². The minimum atomic E-state index is -1.88. The average molecular weight is 443 g/mol. The molecule has 2 N–H and O–H groups in total. The van der Waals surface area contributed by atoms with Crippen LogP contribution < -0.4 is 0 Å². The third kappa shape index (κ3) is 5.37. The Morgan fingerprint density at radius 1 is 1.06 bits per heavy atom. The van der Waals surface area contributed by atoms with Crippen LogP contribution >= 0.6 is 0 Å². The van der Waals surface area contributed by atoms with Gasteiger partial charge in [-0.3, -0.25) is 14.4 Å². The Morgan fingerprint density at radius 2 is 1.61 bits per heavy atom. The van der Waals surface area contributed by atoms with E-state index in [0.29, 0.717) is 6.42 Å². The number of aliphatic hydroxyl groups is 2. The first-order valence-corrected chi connectivity index (χ1v) is 11.4. The van der Waals surface area contributed by atoms with E-state index in [1.165, 1.54) is 13.8 Å². The van der Waals surface area contributed by atoms with Crippen molar-refractivity contribution in [2.75, 3.05) is 7.11 Å². The lowest BCUT2D eigenvalue weighted by molar-refractivity contribution is -0.214. The summed E-state index contributed by atoms with van der Waals surface area (Å²) in [4.78, 5) is 39.0. The number of Topliss-reactive ketones (excluding diaryl/α,β-unsaturated/α-hetero) is 2. The van der Waals surface area contributed by atoms with Crippen LogP contribution in [0.25, 0.3) is 0 Å². The number of methoxy groups -OCH3 is 1. The van der Waals surface area contributed by atoms with Gasteiger partial charge in [0.25, 0.3) is 0 Å². The van der Waals surface area contributed by atoms with Gasteiger partial charge in [-0.05, 0) is 46.0 Å². The van der Waals surface area contributed by atoms with Crippen molar-refractivity contribution in [2.45, 2.75) is 104 Å². The summed E-state index contributed by atoms with van der Waals surface area (Å²) in [7, 11) is 1.55. The summed E-state index contributed by atoms with van der Waals surface area (Å²) in [5.74, 6) is -3.51. The third-order valence-electron chi connectivity index (χ3n) is 7.92. The Balaban J connectivity index is 3.56. The van der Waals surface area contributed by atoms with E-state index in [1.807, 2.05) is 13.8 Å². The van der Waals surface area contributed by atoms with Crippen molar-refractivity contribution in [2.24, 2.45) is 23.7 Å². The standard InChI is InChI=1S/C24H42O7/c1-10-19-23(8,28)24(29,11-2)13-18(25)14(3)12-22(7,30-9)17(6)15(4)20(26)16(5)21(27)31-19/h14-17,19,28-29H,10-13H2,1-9H3/t14-,15-,16-,17-,19-,22-,23-,24+/m1/s1. The van der Waals surface area contributed by atoms with Gasteiger partial charge in [0.1, 0.15) is 34.8 Å². The van der Waals surface area contributed by atoms with Crippen LogP contribution in [0.1, 0.15) is 81.1 Å². The molecule has 0 radical (unpaired) electrons. The van der Waals surface area contributed by atoms with Crippen molar-refractivity contribution in [3.05, 3.63) is 0 Å². The zero-order valence-corrected chi connectivity index (χ0v) is 20.7. The highest BCUT2D eigenvalue weighted by atomic mass is 16.6. The summed E-state index contributed by atoms with van der Waals surface area (Å²) < 4.78 is 11.3. The molecule has 0 saturated carbocycles. The zero-order valence-electron chi connectivity index (χ0n) is 20.7. The van der Waals surface area contributed by atoms with E-state index >= 15 is 0 Å². The van der Waals surface area contributed by atoms with E-state index in [1.54, 1.807) is 34.8 Å². The molecule has 1 aliphatic rings. The summed E-state index contributed by atoms with van der Waals surface area (Å²) >= 11 is 0. The summed E-state index contributed by atoms with van der Waals surface area (Å²) in [6.07, 6.45) is -0.679. The number of hydrogen-bond donors (Lipinski definition) is 2. The van der Waals surface area contributed by atoms with E-state index in [4.69, 9.17) is 9.47 Å². The minimum absolute atomic E-state index is 0.0932. The van der Waals surface area contributed by atoms with Crippen molar-refractivity contribution in [3.63, 3.8) is 0 Å². The van der Waals surface area contributed by atoms with Gasteiger partial charge in [0.05, 0.1) is 5.60 Å². The summed E-state index contributed by atoms with van der Waals surface area (Å²) in [5.41, 5.74) is -4.46. The normalized spacial score (nSPS) is 44.0. The van der Waals surface area contributed by atoms with Crippen molar-refractivity contribution in [3.8, 4) is 0 Å². The lowest BCUT2D eigenvalue weighted by atomic mass is 9.70. The predicted octanol–water partition coefficient (Wildman–Crippen LogP) is 3.08. The number of carbonyl (C=O) groups is 3. The molecule has 1 saturated heterocycles. The molecule has 0 aromatic carbocycles. The van der Waals surface area contributed by atoms with Gasteiger partial charge in [-0.1, -0.05) is 34.6 Å². The lowest BCUT2D eigenvalue weighted by Crippen LogP contribution is -2.61. The Bertz CT molecular complexity index is 673. The van der Waals surface area contributed by atoms with E-state index in [9.17, 15) is 24.6 Å². The first-order valence-electron chi connectivity index (χ1n) is 11.4. The lowest BCUT2D eigenvalue weighted by Gasteiger charge is -2.46. The maximum Gasteiger partial charge on any atom is 0.316 e. The maximum atomic E-state index is 13.1. The van der Waals surface area contributed by atoms with Crippen molar-refractivity contribution in [1.82, 2.24) is 0 Å². The first kappa shape index (κ1) is 27.7. The third-order valence-corrected chi connectivity index (χ3v) is 7.92. The van der Waals surface area contributed by atoms with Crippen LogP contribution in [0, 0.1) is 23.7 Å². The second-order valence-corrected chi connectivity index (χ2v) is 9.83. The van der Waals surface area contributed by atoms with Crippen LogP contribution in [0.15, 0.2) is 0 Å². The molecule has 1 aliphatic heterocycles. The smallest absolute Gasteiger partial charge is 0.316 e. The van der Waals surface area contributed by atoms with Gasteiger partial charge in [0, 0.05) is 25.4 Å². The van der Waals surface area contributed by atoms with E-state index < -0.39 is 46.6 Å². The fraction of sp³-hybridized carbons (Fsp3) is 0.875. The van der Waals surface area contributed by atoms with Crippen molar-refractivity contribution in [1.29, 1.82) is 0 Å². The average Bonchev–Trinajstić information content (AvgIpc) is 2.73. The molecule has 0 aliphatic carbocycles. The molecule has 0 aromatic heterocycles. The van der Waals surface area contributed by atoms with Crippen LogP contribution in [0.3, 0.4) is 0 Å². The molecule has 8 atom stereocenters. The van der Waals surface area contributed by atoms with Crippen LogP contribution in [-0.4, -0.2) is 57.8 Å². The Morgan fingerprint density at radius 3 is 2.06 bits per heavy atom. The fourth-order valence-corrected chi connectivity index (χ4v) is 4.72. The van der Waals surface area contributed by atoms with Crippen LogP contribution in [0.4, 0.5) is 0 Å². The molecule has 7 nitrogen and oxygen atoms in total. The highest BCUT2D eigenvalue weighted by Gasteiger charge is 2.53. The highest BCUT2D eigenvalue weighted by molar-refractivity contribution is 5.99. The highest BCUT2D eigenvalue weighted by Crippen LogP contribution is 2.40. The number of hydrogen-bond acceptors (Lipinski definition) is 7. The molecule has 0 aromatic rings. The van der Waals surface area contributed by atoms with E-state index in [2.05, 4.69) is 0 Å². The summed E-state index contributed by atoms with van der Waals surface area (Å²) in [5, 5.41) is 22.6. The summed E-state index contributed by atoms with van der Waals surface area (Å²) in [6, 6.07) is 0. The molecular weight excluding hydrogens is 400 g/mol. The van der Waals surface area contributed by atoms with Crippen molar-refractivity contribution >= 4 is 17.5 Å². The molecule has 180 valence electrons. The predicted molar refractivity (Wildman–Crippen MR) is 117 cm³/mol. The molecule has 0 spiro atoms. The monoisotopic (exact) mass is 442 g/mol. The Hall–Kier alpha value is -1.31. The molecule has 0 bridgehead atoms. The minimum Gasteiger partial charge on any atom is -0.459 e. The molecule has 0 unspecified atom stereocenters. The van der Waals surface area contributed by atoms with Gasteiger partial charge in [-0.2, -0.15) is 0 Å². The number of ketones is 2. The Labute approximate surface area is 186 Å². The second kappa shape index (κ2) is 10.1. The van der Waals surface area contributed by atoms with Gasteiger partial charge >= 0.3 is 5.97 Å². The number of carbonyl (C=O) groups excluding carboxylic acids is 3. The largest absolute Gasteiger partial charge is 0.459 e. The summed E-state index contributed by atoms with van der Waals surface area (Å²) in [6.45, 7) is 13.6. The quantitative estimate of drug-likeness (QED) is 0.510. The molecule has 0 amide bonds. The van der Waals surface area contributed by atoms with Gasteiger partial charge < -0.3 is 19.7 Å². The molecule has 1 rings (SSSR count). The van der Waals surface area contributed by atoms with Crippen molar-refractivity contribution < 1.29 is 34.1 Å². The van der Waals surface area contributed by atoms with Crippen LogP contribution in [0.5, 0.6) is 0 Å². The maximum absolute atomic E-state index is 13.1. The van der Waals surface area contributed by atoms with Gasteiger partial charge in [-0.15, -0.1) is 0 Å². The fourth-order valence-electron chi connectivity index (χ4n) is 4.72. The van der Waals surface area contributed by atoms with Crippen LogP contribution in [-0.2, 0) is 23.9 Å². The van der Waals surface area contributed by atoms with E-state index in [0.717, 1.165) is 0 Å². The topological polar surface area (TPSA) is 110 Å². The number of rotatable bonds is 3. The van der Waals surface area contributed by atoms with E-state index in [-0.39, 0.29) is 36.7 Å². The second-order valence-electron chi connectivity index (χ2n) is 9.83. The van der Waals surface area contributed by atoms with Gasteiger partial charge in [0.15, 0.2) is 0 Å². The zero-order chi connectivity index (χ0) is 24.4. The molecule has 31 heavy (non-hydrogen) atoms. The van der Waals surface area contributed by atoms with Crippen LogP contribution in [0.2, 0.25) is 0 Å². The SMILES string of the molecule is CC[C@H]1OC(=O)[C@H](C)C(=O)[C@H](C)[C@@H](C)[C@](C)(OC)C[C@@H](C)C(=O)C[C@@](O)(CC)[C@]1(C)O.